The number of benzene rings is 2. The van der Waals surface area contributed by atoms with Crippen LogP contribution in [0.1, 0.15) is 49.7 Å². The predicted octanol–water partition coefficient (Wildman–Crippen LogP) is 4.28. The summed E-state index contributed by atoms with van der Waals surface area (Å²) in [4.78, 5) is 2.10. The van der Waals surface area contributed by atoms with Crippen molar-refractivity contribution in [2.24, 2.45) is 0 Å². The summed E-state index contributed by atoms with van der Waals surface area (Å²) in [5, 5.41) is 28.4. The normalized spacial score (nSPS) is 11.0. The van der Waals surface area contributed by atoms with Crippen molar-refractivity contribution in [1.82, 2.24) is 0 Å². The monoisotopic (exact) mass is 415 g/mol. The van der Waals surface area contributed by atoms with Gasteiger partial charge in [0.05, 0.1) is 13.2 Å². The first-order chi connectivity index (χ1) is 14.7. The minimum absolute atomic E-state index is 0.0768. The van der Waals surface area contributed by atoms with Gasteiger partial charge in [-0.3, -0.25) is 0 Å². The van der Waals surface area contributed by atoms with Crippen LogP contribution in [0.25, 0.3) is 0 Å². The summed E-state index contributed by atoms with van der Waals surface area (Å²) in [6, 6.07) is 15.8. The van der Waals surface area contributed by atoms with Crippen molar-refractivity contribution in [3.8, 4) is 5.75 Å². The molecule has 0 atom stereocenters. The number of hydrogen-bond donors (Lipinski definition) is 3. The van der Waals surface area contributed by atoms with Crippen LogP contribution in [-0.4, -0.2) is 48.2 Å². The molecule has 0 spiro atoms. The standard InChI is InChI=1S/C25H37NO4/c27-17-16-26(24-13-14-25(29)23(20-24)21-28)15-7-1-2-8-18-30-19-9-6-12-22-10-4-3-5-11-22/h3-5,10-11,13-14,20,27-29H,1-2,6-9,12,15-19,21H2. The van der Waals surface area contributed by atoms with Crippen LogP contribution in [0.2, 0.25) is 0 Å². The van der Waals surface area contributed by atoms with Gasteiger partial charge in [0.2, 0.25) is 0 Å². The average molecular weight is 416 g/mol. The molecule has 2 aromatic carbocycles. The molecule has 0 aliphatic carbocycles. The summed E-state index contributed by atoms with van der Waals surface area (Å²) in [6.07, 6.45) is 7.75. The Bertz CT molecular complexity index is 693. The van der Waals surface area contributed by atoms with Gasteiger partial charge in [0.1, 0.15) is 5.75 Å². The zero-order chi connectivity index (χ0) is 21.4. The second kappa shape index (κ2) is 14.8. The summed E-state index contributed by atoms with van der Waals surface area (Å²) in [5.41, 5.74) is 2.83. The predicted molar refractivity (Wildman–Crippen MR) is 122 cm³/mol. The highest BCUT2D eigenvalue weighted by Gasteiger charge is 2.09. The van der Waals surface area contributed by atoms with Crippen LogP contribution in [0.3, 0.4) is 0 Å². The molecule has 2 rings (SSSR count). The Balaban J connectivity index is 1.52. The number of rotatable bonds is 16. The van der Waals surface area contributed by atoms with Gasteiger partial charge in [-0.2, -0.15) is 0 Å². The molecule has 0 aromatic heterocycles. The molecular weight excluding hydrogens is 378 g/mol. The van der Waals surface area contributed by atoms with E-state index in [0.29, 0.717) is 12.1 Å². The molecule has 0 saturated heterocycles. The van der Waals surface area contributed by atoms with Crippen molar-refractivity contribution in [1.29, 1.82) is 0 Å². The summed E-state index contributed by atoms with van der Waals surface area (Å²) in [5.74, 6) is 0.102. The second-order valence-corrected chi connectivity index (χ2v) is 7.65. The number of unbranched alkanes of at least 4 members (excludes halogenated alkanes) is 4. The molecule has 5 heteroatoms. The zero-order valence-electron chi connectivity index (χ0n) is 18.0. The number of anilines is 1. The molecule has 166 valence electrons. The van der Waals surface area contributed by atoms with E-state index < -0.39 is 0 Å². The lowest BCUT2D eigenvalue weighted by atomic mass is 10.1. The van der Waals surface area contributed by atoms with E-state index in [9.17, 15) is 15.3 Å². The number of aryl methyl sites for hydroxylation is 1. The van der Waals surface area contributed by atoms with Crippen LogP contribution in [0, 0.1) is 0 Å². The fraction of sp³-hybridized carbons (Fsp3) is 0.520. The van der Waals surface area contributed by atoms with Gasteiger partial charge in [0, 0.05) is 37.6 Å². The Morgan fingerprint density at radius 1 is 0.767 bits per heavy atom. The van der Waals surface area contributed by atoms with E-state index in [4.69, 9.17) is 4.74 Å². The molecule has 0 amide bonds. The Labute approximate surface area is 180 Å². The molecule has 5 nitrogen and oxygen atoms in total. The Morgan fingerprint density at radius 3 is 2.23 bits per heavy atom. The van der Waals surface area contributed by atoms with Crippen molar-refractivity contribution in [2.75, 3.05) is 37.8 Å². The van der Waals surface area contributed by atoms with Gasteiger partial charge >= 0.3 is 0 Å². The molecule has 2 aromatic rings. The fourth-order valence-electron chi connectivity index (χ4n) is 3.53. The lowest BCUT2D eigenvalue weighted by molar-refractivity contribution is 0.126. The minimum atomic E-state index is -0.196. The van der Waals surface area contributed by atoms with Crippen molar-refractivity contribution < 1.29 is 20.1 Å². The average Bonchev–Trinajstić information content (AvgIpc) is 2.78. The Kier molecular flexibility index (Phi) is 12.0. The van der Waals surface area contributed by atoms with E-state index in [2.05, 4.69) is 35.2 Å². The summed E-state index contributed by atoms with van der Waals surface area (Å²) in [7, 11) is 0. The fourth-order valence-corrected chi connectivity index (χ4v) is 3.53. The first kappa shape index (κ1) is 24.2. The number of aliphatic hydroxyl groups excluding tert-OH is 2. The maximum absolute atomic E-state index is 9.72. The quantitative estimate of drug-likeness (QED) is 0.357. The van der Waals surface area contributed by atoms with Crippen LogP contribution in [0.15, 0.2) is 48.5 Å². The number of phenols is 1. The van der Waals surface area contributed by atoms with Gasteiger partial charge < -0.3 is 25.0 Å². The van der Waals surface area contributed by atoms with Crippen LogP contribution >= 0.6 is 0 Å². The van der Waals surface area contributed by atoms with Gasteiger partial charge in [-0.1, -0.05) is 43.2 Å². The number of hydrogen-bond acceptors (Lipinski definition) is 5. The van der Waals surface area contributed by atoms with E-state index >= 15 is 0 Å². The topological polar surface area (TPSA) is 73.2 Å². The van der Waals surface area contributed by atoms with Crippen LogP contribution in [0.5, 0.6) is 5.75 Å². The lowest BCUT2D eigenvalue weighted by Gasteiger charge is -2.24. The highest BCUT2D eigenvalue weighted by atomic mass is 16.5. The van der Waals surface area contributed by atoms with Crippen LogP contribution in [-0.2, 0) is 17.8 Å². The van der Waals surface area contributed by atoms with Gasteiger partial charge in [-0.15, -0.1) is 0 Å². The Hall–Kier alpha value is -2.08. The smallest absolute Gasteiger partial charge is 0.121 e. The highest BCUT2D eigenvalue weighted by Crippen LogP contribution is 2.24. The lowest BCUT2D eigenvalue weighted by Crippen LogP contribution is -2.27. The van der Waals surface area contributed by atoms with E-state index in [1.54, 1.807) is 12.1 Å². The van der Waals surface area contributed by atoms with Crippen LogP contribution in [0.4, 0.5) is 5.69 Å². The zero-order valence-corrected chi connectivity index (χ0v) is 18.0. The summed E-state index contributed by atoms with van der Waals surface area (Å²) in [6.45, 7) is 2.93. The molecule has 0 aliphatic heterocycles. The maximum Gasteiger partial charge on any atom is 0.121 e. The van der Waals surface area contributed by atoms with E-state index in [0.717, 1.165) is 64.0 Å². The van der Waals surface area contributed by atoms with Crippen molar-refractivity contribution >= 4 is 5.69 Å². The van der Waals surface area contributed by atoms with E-state index in [1.807, 2.05) is 6.07 Å². The van der Waals surface area contributed by atoms with Gasteiger partial charge in [-0.05, 0) is 55.9 Å². The van der Waals surface area contributed by atoms with Crippen molar-refractivity contribution in [3.63, 3.8) is 0 Å². The van der Waals surface area contributed by atoms with E-state index in [1.165, 1.54) is 12.0 Å². The molecule has 30 heavy (non-hydrogen) atoms. The Morgan fingerprint density at radius 2 is 1.50 bits per heavy atom. The van der Waals surface area contributed by atoms with Gasteiger partial charge in [0.25, 0.3) is 0 Å². The number of nitrogens with zero attached hydrogens (tertiary/aromatic N) is 1. The first-order valence-electron chi connectivity index (χ1n) is 11.1. The van der Waals surface area contributed by atoms with Crippen molar-refractivity contribution in [2.45, 2.75) is 51.6 Å². The molecule has 0 saturated carbocycles. The third kappa shape index (κ3) is 9.16. The molecular formula is C25H37NO4. The molecule has 0 radical (unpaired) electrons. The highest BCUT2D eigenvalue weighted by molar-refractivity contribution is 5.52. The molecule has 0 bridgehead atoms. The number of aliphatic hydroxyl groups is 2. The molecule has 3 N–H and O–H groups in total. The number of ether oxygens (including phenoxy) is 1. The maximum atomic E-state index is 9.72. The van der Waals surface area contributed by atoms with Crippen LogP contribution < -0.4 is 4.90 Å². The third-order valence-electron chi connectivity index (χ3n) is 5.28. The minimum Gasteiger partial charge on any atom is -0.508 e. The molecule has 0 heterocycles. The number of aromatic hydroxyl groups is 1. The van der Waals surface area contributed by atoms with E-state index in [-0.39, 0.29) is 19.0 Å². The van der Waals surface area contributed by atoms with Gasteiger partial charge in [-0.25, -0.2) is 0 Å². The largest absolute Gasteiger partial charge is 0.508 e. The third-order valence-corrected chi connectivity index (χ3v) is 5.28. The molecule has 0 fully saturated rings. The first-order valence-corrected chi connectivity index (χ1v) is 11.1. The summed E-state index contributed by atoms with van der Waals surface area (Å²) >= 11 is 0. The van der Waals surface area contributed by atoms with Gasteiger partial charge in [0.15, 0.2) is 0 Å². The summed E-state index contributed by atoms with van der Waals surface area (Å²) < 4.78 is 5.75. The molecule has 0 aliphatic rings. The molecule has 0 unspecified atom stereocenters. The SMILES string of the molecule is OCCN(CCCCCCOCCCCc1ccccc1)c1ccc(O)c(CO)c1. The second-order valence-electron chi connectivity index (χ2n) is 7.65. The van der Waals surface area contributed by atoms with Crippen molar-refractivity contribution in [3.05, 3.63) is 59.7 Å².